The van der Waals surface area contributed by atoms with Gasteiger partial charge in [0.05, 0.1) is 0 Å². The van der Waals surface area contributed by atoms with E-state index in [0.717, 1.165) is 3.93 Å². The van der Waals surface area contributed by atoms with Crippen molar-refractivity contribution in [3.8, 4) is 0 Å². The number of rotatable bonds is 10. The second-order valence-corrected chi connectivity index (χ2v) is 20.2. The standard InChI is InChI=1S/C14H24NO4.C2H4O2S.Hg/c1-9(19-5)8-15-11(16)10-6-7-14(4,12(17)18)13(10,2)3;3-2(4)1-5;/h9-10H,1,6-8H2,2-5H3,(H,15,16)(H,17,18);5H,1H2,(H,3,4);/q;;+1/p-1. The number of carbonyl (C=O) groups is 3. The van der Waals surface area contributed by atoms with Crippen molar-refractivity contribution in [3.05, 3.63) is 0 Å². The van der Waals surface area contributed by atoms with Gasteiger partial charge in [-0.05, 0) is 0 Å². The average molecular weight is 562 g/mol. The third kappa shape index (κ3) is 5.56. The van der Waals surface area contributed by atoms with Crippen LogP contribution in [0.5, 0.6) is 0 Å². The number of nitrogens with one attached hydrogen (secondary N) is 1. The van der Waals surface area contributed by atoms with Crippen molar-refractivity contribution >= 4 is 26.1 Å². The molecule has 0 aromatic carbocycles. The van der Waals surface area contributed by atoms with Crippen LogP contribution in [-0.4, -0.2) is 53.6 Å². The molecule has 0 saturated heterocycles. The van der Waals surface area contributed by atoms with E-state index in [1.165, 1.54) is 8.24 Å². The van der Waals surface area contributed by atoms with Crippen molar-refractivity contribution in [2.75, 3.05) is 19.4 Å². The maximum absolute atomic E-state index is 12.6. The Morgan fingerprint density at radius 1 is 1.32 bits per heavy atom. The van der Waals surface area contributed by atoms with Crippen molar-refractivity contribution in [1.29, 1.82) is 0 Å². The summed E-state index contributed by atoms with van der Waals surface area (Å²) in [6, 6.07) is 0. The first-order valence-electron chi connectivity index (χ1n) is 8.39. The Kier molecular flexibility index (Phi) is 8.67. The van der Waals surface area contributed by atoms with Crippen LogP contribution in [0, 0.1) is 16.7 Å². The third-order valence-corrected chi connectivity index (χ3v) is 17.6. The van der Waals surface area contributed by atoms with Gasteiger partial charge < -0.3 is 0 Å². The quantitative estimate of drug-likeness (QED) is 0.276. The van der Waals surface area contributed by atoms with Crippen molar-refractivity contribution in [2.45, 2.75) is 43.6 Å². The third-order valence-electron chi connectivity index (χ3n) is 5.66. The average Bonchev–Trinajstić information content (AvgIpc) is 2.77. The summed E-state index contributed by atoms with van der Waals surface area (Å²) in [6.45, 7) is 5.81. The van der Waals surface area contributed by atoms with Gasteiger partial charge in [-0.1, -0.05) is 0 Å². The van der Waals surface area contributed by atoms with Crippen LogP contribution in [0.2, 0.25) is 3.93 Å². The summed E-state index contributed by atoms with van der Waals surface area (Å²) in [7, 11) is 3.12. The van der Waals surface area contributed by atoms with Crippen LogP contribution in [0.1, 0.15) is 33.6 Å². The maximum atomic E-state index is 12.6. The van der Waals surface area contributed by atoms with Gasteiger partial charge in [0.25, 0.3) is 0 Å². The molecule has 1 fully saturated rings. The van der Waals surface area contributed by atoms with E-state index < -0.39 is 45.8 Å². The van der Waals surface area contributed by atoms with Crippen LogP contribution in [-0.2, 0) is 42.2 Å². The van der Waals surface area contributed by atoms with E-state index in [2.05, 4.69) is 5.32 Å². The molecule has 1 aliphatic carbocycles. The van der Waals surface area contributed by atoms with E-state index in [1.807, 2.05) is 13.8 Å². The van der Waals surface area contributed by atoms with Crippen molar-refractivity contribution < 1.29 is 52.4 Å². The van der Waals surface area contributed by atoms with Crippen LogP contribution in [0.3, 0.4) is 0 Å². The zero-order valence-corrected chi connectivity index (χ0v) is 21.6. The molecule has 1 aliphatic rings. The molecule has 0 aromatic heterocycles. The van der Waals surface area contributed by atoms with Gasteiger partial charge in [0.15, 0.2) is 0 Å². The molecule has 0 heterocycles. The van der Waals surface area contributed by atoms with Gasteiger partial charge in [0, 0.05) is 0 Å². The molecule has 1 amide bonds. The Labute approximate surface area is 163 Å². The van der Waals surface area contributed by atoms with E-state index in [0.29, 0.717) is 19.4 Å². The van der Waals surface area contributed by atoms with Gasteiger partial charge in [0.1, 0.15) is 0 Å². The van der Waals surface area contributed by atoms with E-state index in [-0.39, 0.29) is 23.7 Å². The minimum absolute atomic E-state index is 0.0951. The first-order chi connectivity index (χ1) is 11.6. The van der Waals surface area contributed by atoms with Gasteiger partial charge >= 0.3 is 164 Å². The molecule has 0 spiro atoms. The van der Waals surface area contributed by atoms with Crippen molar-refractivity contribution in [2.24, 2.45) is 16.7 Å². The molecule has 1 rings (SSSR count). The van der Waals surface area contributed by atoms with Crippen LogP contribution < -0.4 is 5.32 Å². The first-order valence-corrected chi connectivity index (χ1v) is 20.2. The number of methoxy groups -OCH3 is 1. The molecule has 0 aromatic rings. The van der Waals surface area contributed by atoms with Crippen LogP contribution in [0.4, 0.5) is 0 Å². The molecule has 1 saturated carbocycles. The van der Waals surface area contributed by atoms with E-state index in [9.17, 15) is 19.5 Å². The van der Waals surface area contributed by atoms with Crippen molar-refractivity contribution in [3.63, 3.8) is 0 Å². The van der Waals surface area contributed by atoms with E-state index in [1.54, 1.807) is 14.0 Å². The Morgan fingerprint density at radius 2 is 1.96 bits per heavy atom. The fourth-order valence-electron chi connectivity index (χ4n) is 3.36. The fraction of sp³-hybridized carbons (Fsp3) is 0.812. The number of ether oxygens (including phenoxy) is 1. The number of hydrogen-bond donors (Lipinski definition) is 3. The Hall–Kier alpha value is -0.345. The van der Waals surface area contributed by atoms with E-state index >= 15 is 0 Å². The van der Waals surface area contributed by atoms with Gasteiger partial charge in [-0.15, -0.1) is 0 Å². The predicted octanol–water partition coefficient (Wildman–Crippen LogP) is 1.88. The molecule has 0 aliphatic heterocycles. The summed E-state index contributed by atoms with van der Waals surface area (Å²) in [6.07, 6.45) is 0.958. The monoisotopic (exact) mass is 563 g/mol. The predicted molar refractivity (Wildman–Crippen MR) is 91.0 cm³/mol. The summed E-state index contributed by atoms with van der Waals surface area (Å²) in [4.78, 5) is 34.7. The molecule has 9 heteroatoms. The van der Waals surface area contributed by atoms with Crippen LogP contribution in [0.15, 0.2) is 0 Å². The Bertz CT molecular complexity index is 515. The SMILES string of the molecule is COC(CNC(=O)C1CCC(C)(C(=O)O)C1(C)C)[CH2][Hg][S]CC(=O)O. The molecule has 3 atom stereocenters. The summed E-state index contributed by atoms with van der Waals surface area (Å²) in [5, 5.41) is 21.1. The molecule has 7 nitrogen and oxygen atoms in total. The molecular weight excluding hydrogens is 535 g/mol. The zero-order chi connectivity index (χ0) is 19.3. The summed E-state index contributed by atoms with van der Waals surface area (Å²) >= 11 is -1.37. The van der Waals surface area contributed by atoms with Gasteiger partial charge in [-0.25, -0.2) is 0 Å². The number of carboxylic acids is 2. The molecule has 25 heavy (non-hydrogen) atoms. The van der Waals surface area contributed by atoms with Crippen LogP contribution in [0.25, 0.3) is 0 Å². The summed E-state index contributed by atoms with van der Waals surface area (Å²) in [5.74, 6) is -1.96. The van der Waals surface area contributed by atoms with E-state index in [4.69, 9.17) is 9.84 Å². The first kappa shape index (κ1) is 22.7. The van der Waals surface area contributed by atoms with Gasteiger partial charge in [-0.3, -0.25) is 0 Å². The van der Waals surface area contributed by atoms with Gasteiger partial charge in [0.2, 0.25) is 0 Å². The molecule has 3 N–H and O–H groups in total. The Balaban J connectivity index is 2.53. The zero-order valence-electron chi connectivity index (χ0n) is 15.3. The van der Waals surface area contributed by atoms with Gasteiger partial charge in [-0.2, -0.15) is 0 Å². The Morgan fingerprint density at radius 3 is 2.44 bits per heavy atom. The molecule has 3 unspecified atom stereocenters. The normalized spacial score (nSPS) is 25.8. The molecule has 140 valence electrons. The number of carbonyl (C=O) groups excluding carboxylic acids is 1. The molecule has 0 bridgehead atoms. The number of carboxylic acid groups (broad SMARTS) is 2. The number of hydrogen-bond acceptors (Lipinski definition) is 5. The summed E-state index contributed by atoms with van der Waals surface area (Å²) < 4.78 is 6.24. The van der Waals surface area contributed by atoms with Crippen molar-refractivity contribution in [1.82, 2.24) is 5.32 Å². The minimum atomic E-state index is -1.37. The number of aliphatic carboxylic acids is 2. The second kappa shape index (κ2) is 9.55. The van der Waals surface area contributed by atoms with Crippen LogP contribution >= 0.6 is 8.24 Å². The number of amides is 1. The molecular formula is C16H27HgNO6S. The second-order valence-electron chi connectivity index (χ2n) is 7.29. The molecule has 0 radical (unpaired) electrons. The fourth-order valence-corrected chi connectivity index (χ4v) is 14.5. The summed E-state index contributed by atoms with van der Waals surface area (Å²) in [5.41, 5.74) is -1.52. The topological polar surface area (TPSA) is 113 Å².